The van der Waals surface area contributed by atoms with Gasteiger partial charge in [0, 0.05) is 5.56 Å². The summed E-state index contributed by atoms with van der Waals surface area (Å²) in [6.45, 7) is 15.9. The number of fused-ring (bicyclic) bond motifs is 1. The first-order chi connectivity index (χ1) is 15.7. The largest absolute Gasteiger partial charge is 0.490 e. The SMILES string of the molecule is Cc1c(C)c2c(c(C)c1OCC=O)CCC(CCC[C@H](C)CCC[C@H](C)CCCC(C)C)O2. The molecule has 0 spiro atoms. The first-order valence-electron chi connectivity index (χ1n) is 13.6. The van der Waals surface area contributed by atoms with Gasteiger partial charge in [0.15, 0.2) is 6.29 Å². The van der Waals surface area contributed by atoms with Crippen LogP contribution >= 0.6 is 0 Å². The van der Waals surface area contributed by atoms with Crippen molar-refractivity contribution in [3.63, 3.8) is 0 Å². The molecule has 0 radical (unpaired) electrons. The first-order valence-corrected chi connectivity index (χ1v) is 13.6. The van der Waals surface area contributed by atoms with E-state index in [0.29, 0.717) is 6.10 Å². The Kier molecular flexibility index (Phi) is 11.8. The highest BCUT2D eigenvalue weighted by Crippen LogP contribution is 2.42. The van der Waals surface area contributed by atoms with Crippen molar-refractivity contribution in [2.24, 2.45) is 17.8 Å². The maximum absolute atomic E-state index is 10.8. The lowest BCUT2D eigenvalue weighted by molar-refractivity contribution is -0.109. The van der Waals surface area contributed by atoms with Crippen molar-refractivity contribution in [3.8, 4) is 11.5 Å². The minimum absolute atomic E-state index is 0.110. The summed E-state index contributed by atoms with van der Waals surface area (Å²) in [7, 11) is 0. The molecule has 1 aromatic carbocycles. The molecule has 3 heteroatoms. The van der Waals surface area contributed by atoms with E-state index < -0.39 is 0 Å². The predicted molar refractivity (Wildman–Crippen MR) is 140 cm³/mol. The lowest BCUT2D eigenvalue weighted by Crippen LogP contribution is -2.24. The fourth-order valence-electron chi connectivity index (χ4n) is 5.36. The van der Waals surface area contributed by atoms with Crippen molar-refractivity contribution in [1.29, 1.82) is 0 Å². The van der Waals surface area contributed by atoms with Gasteiger partial charge in [0.05, 0.1) is 6.10 Å². The van der Waals surface area contributed by atoms with Crippen LogP contribution in [-0.4, -0.2) is 19.0 Å². The predicted octanol–water partition coefficient (Wildman–Crippen LogP) is 8.32. The molecular weight excluding hydrogens is 408 g/mol. The molecule has 1 heterocycles. The molecule has 33 heavy (non-hydrogen) atoms. The van der Waals surface area contributed by atoms with Crippen molar-refractivity contribution in [2.45, 2.75) is 125 Å². The molecule has 0 aliphatic carbocycles. The molecule has 0 saturated heterocycles. The Balaban J connectivity index is 1.74. The van der Waals surface area contributed by atoms with E-state index in [1.165, 1.54) is 56.9 Å². The fourth-order valence-corrected chi connectivity index (χ4v) is 5.36. The van der Waals surface area contributed by atoms with E-state index in [-0.39, 0.29) is 6.61 Å². The molecule has 0 aromatic heterocycles. The van der Waals surface area contributed by atoms with Crippen molar-refractivity contribution < 1.29 is 14.3 Å². The van der Waals surface area contributed by atoms with E-state index in [4.69, 9.17) is 9.47 Å². The van der Waals surface area contributed by atoms with Gasteiger partial charge >= 0.3 is 0 Å². The normalized spacial score (nSPS) is 17.4. The molecular formula is C30H50O3. The van der Waals surface area contributed by atoms with Crippen molar-refractivity contribution in [1.82, 2.24) is 0 Å². The standard InChI is InChI=1S/C30H50O3/c1-21(2)11-8-12-22(3)13-9-14-23(4)15-10-16-27-17-18-28-26(7)29(32-20-19-31)24(5)25(6)30(28)33-27/h19,21-23,27H,8-18,20H2,1-7H3/t22-,23-,27?/m1/s1. The van der Waals surface area contributed by atoms with Gasteiger partial charge in [-0.3, -0.25) is 4.79 Å². The maximum atomic E-state index is 10.8. The molecule has 1 unspecified atom stereocenters. The molecule has 0 fully saturated rings. The summed E-state index contributed by atoms with van der Waals surface area (Å²) in [5.41, 5.74) is 4.67. The number of hydrogen-bond donors (Lipinski definition) is 0. The quantitative estimate of drug-likeness (QED) is 0.248. The van der Waals surface area contributed by atoms with Crippen molar-refractivity contribution in [3.05, 3.63) is 22.3 Å². The number of benzene rings is 1. The molecule has 188 valence electrons. The summed E-state index contributed by atoms with van der Waals surface area (Å²) < 4.78 is 12.2. The van der Waals surface area contributed by atoms with Gasteiger partial charge in [-0.05, 0) is 80.9 Å². The number of carbonyl (C=O) groups is 1. The molecule has 0 saturated carbocycles. The van der Waals surface area contributed by atoms with E-state index in [1.807, 2.05) is 0 Å². The van der Waals surface area contributed by atoms with Gasteiger partial charge in [0.1, 0.15) is 18.1 Å². The Labute approximate surface area is 204 Å². The number of aldehydes is 1. The van der Waals surface area contributed by atoms with Crippen LogP contribution in [0.5, 0.6) is 11.5 Å². The minimum atomic E-state index is 0.110. The van der Waals surface area contributed by atoms with Crippen LogP contribution in [0.2, 0.25) is 0 Å². The highest BCUT2D eigenvalue weighted by molar-refractivity contribution is 5.60. The number of ether oxygens (including phenoxy) is 2. The molecule has 0 amide bonds. The second kappa shape index (κ2) is 14.0. The van der Waals surface area contributed by atoms with Crippen LogP contribution in [0, 0.1) is 38.5 Å². The number of rotatable bonds is 15. The van der Waals surface area contributed by atoms with Crippen LogP contribution in [0.3, 0.4) is 0 Å². The van der Waals surface area contributed by atoms with Crippen molar-refractivity contribution in [2.75, 3.05) is 6.61 Å². The Morgan fingerprint density at radius 3 is 2.09 bits per heavy atom. The third-order valence-electron chi connectivity index (χ3n) is 7.70. The van der Waals surface area contributed by atoms with Gasteiger partial charge in [0.2, 0.25) is 0 Å². The van der Waals surface area contributed by atoms with Gasteiger partial charge in [0.25, 0.3) is 0 Å². The molecule has 1 aliphatic heterocycles. The molecule has 3 atom stereocenters. The molecule has 1 aromatic rings. The van der Waals surface area contributed by atoms with Gasteiger partial charge < -0.3 is 9.47 Å². The van der Waals surface area contributed by atoms with E-state index >= 15 is 0 Å². The van der Waals surface area contributed by atoms with E-state index in [2.05, 4.69) is 48.5 Å². The summed E-state index contributed by atoms with van der Waals surface area (Å²) in [5.74, 6) is 4.47. The molecule has 2 rings (SSSR count). The Hall–Kier alpha value is -1.51. The lowest BCUT2D eigenvalue weighted by Gasteiger charge is -2.31. The zero-order chi connectivity index (χ0) is 24.4. The fraction of sp³-hybridized carbons (Fsp3) is 0.767. The summed E-state index contributed by atoms with van der Waals surface area (Å²) >= 11 is 0. The van der Waals surface area contributed by atoms with E-state index in [9.17, 15) is 4.79 Å². The highest BCUT2D eigenvalue weighted by atomic mass is 16.5. The van der Waals surface area contributed by atoms with Crippen LogP contribution in [0.4, 0.5) is 0 Å². The average Bonchev–Trinajstić information content (AvgIpc) is 2.77. The van der Waals surface area contributed by atoms with Crippen LogP contribution in [0.25, 0.3) is 0 Å². The minimum Gasteiger partial charge on any atom is -0.490 e. The number of hydrogen-bond acceptors (Lipinski definition) is 3. The highest BCUT2D eigenvalue weighted by Gasteiger charge is 2.26. The summed E-state index contributed by atoms with van der Waals surface area (Å²) in [4.78, 5) is 10.8. The molecule has 0 N–H and O–H groups in total. The molecule has 3 nitrogen and oxygen atoms in total. The summed E-state index contributed by atoms with van der Waals surface area (Å²) in [5, 5.41) is 0. The third-order valence-corrected chi connectivity index (χ3v) is 7.70. The second-order valence-electron chi connectivity index (χ2n) is 11.2. The Bertz CT molecular complexity index is 737. The second-order valence-corrected chi connectivity index (χ2v) is 11.2. The summed E-state index contributed by atoms with van der Waals surface area (Å²) in [6.07, 6.45) is 15.3. The third kappa shape index (κ3) is 8.65. The van der Waals surface area contributed by atoms with Crippen molar-refractivity contribution >= 4 is 6.29 Å². The van der Waals surface area contributed by atoms with E-state index in [1.54, 1.807) is 0 Å². The van der Waals surface area contributed by atoms with Crippen LogP contribution in [0.15, 0.2) is 0 Å². The monoisotopic (exact) mass is 458 g/mol. The van der Waals surface area contributed by atoms with Gasteiger partial charge in [-0.2, -0.15) is 0 Å². The Morgan fingerprint density at radius 1 is 0.879 bits per heavy atom. The van der Waals surface area contributed by atoms with Gasteiger partial charge in [-0.15, -0.1) is 0 Å². The lowest BCUT2D eigenvalue weighted by atomic mass is 9.89. The van der Waals surface area contributed by atoms with Gasteiger partial charge in [-0.1, -0.05) is 72.6 Å². The zero-order valence-corrected chi connectivity index (χ0v) is 22.6. The van der Waals surface area contributed by atoms with Gasteiger partial charge in [-0.25, -0.2) is 0 Å². The zero-order valence-electron chi connectivity index (χ0n) is 22.6. The van der Waals surface area contributed by atoms with Crippen LogP contribution in [0.1, 0.15) is 114 Å². The first kappa shape index (κ1) is 27.7. The average molecular weight is 459 g/mol. The smallest absolute Gasteiger partial charge is 0.157 e. The van der Waals surface area contributed by atoms with E-state index in [0.717, 1.165) is 71.5 Å². The molecule has 0 bridgehead atoms. The number of carbonyl (C=O) groups excluding carboxylic acids is 1. The van der Waals surface area contributed by atoms with Crippen LogP contribution in [-0.2, 0) is 11.2 Å². The maximum Gasteiger partial charge on any atom is 0.157 e. The Morgan fingerprint density at radius 2 is 1.48 bits per heavy atom. The molecule has 1 aliphatic rings. The topological polar surface area (TPSA) is 35.5 Å². The summed E-state index contributed by atoms with van der Waals surface area (Å²) in [6, 6.07) is 0. The van der Waals surface area contributed by atoms with Crippen LogP contribution < -0.4 is 9.47 Å².